The van der Waals surface area contributed by atoms with Crippen LogP contribution in [-0.4, -0.2) is 25.0 Å². The van der Waals surface area contributed by atoms with E-state index in [0.29, 0.717) is 17.7 Å². The molecule has 0 bridgehead atoms. The van der Waals surface area contributed by atoms with E-state index in [1.54, 1.807) is 12.1 Å². The van der Waals surface area contributed by atoms with Crippen molar-refractivity contribution in [2.75, 3.05) is 12.8 Å². The second-order valence-electron chi connectivity index (χ2n) is 5.97. The fraction of sp³-hybridized carbons (Fsp3) is 0.333. The van der Waals surface area contributed by atoms with Gasteiger partial charge in [0.15, 0.2) is 0 Å². The first-order valence-corrected chi connectivity index (χ1v) is 7.59. The molecule has 122 valence electrons. The van der Waals surface area contributed by atoms with Crippen LogP contribution in [0.3, 0.4) is 0 Å². The zero-order chi connectivity index (χ0) is 17.0. The van der Waals surface area contributed by atoms with Gasteiger partial charge in [-0.25, -0.2) is 4.79 Å². The van der Waals surface area contributed by atoms with Gasteiger partial charge in [0.25, 0.3) is 5.91 Å². The van der Waals surface area contributed by atoms with E-state index in [0.717, 1.165) is 10.8 Å². The number of amides is 1. The number of hydrogen-bond acceptors (Lipinski definition) is 4. The van der Waals surface area contributed by atoms with Crippen molar-refractivity contribution in [2.24, 2.45) is 5.92 Å². The molecule has 0 aliphatic rings. The molecule has 0 unspecified atom stereocenters. The maximum absolute atomic E-state index is 12.5. The lowest BCUT2D eigenvalue weighted by Crippen LogP contribution is -2.42. The van der Waals surface area contributed by atoms with Crippen LogP contribution in [0.4, 0.5) is 5.69 Å². The van der Waals surface area contributed by atoms with E-state index in [4.69, 9.17) is 10.5 Å². The number of carbonyl (C=O) groups is 2. The van der Waals surface area contributed by atoms with Crippen LogP contribution in [0.15, 0.2) is 36.4 Å². The molecule has 2 rings (SSSR count). The smallest absolute Gasteiger partial charge is 0.328 e. The molecule has 2 aromatic carbocycles. The van der Waals surface area contributed by atoms with Crippen LogP contribution < -0.4 is 11.1 Å². The molecule has 0 heterocycles. The SMILES string of the molecule is COC(=O)[C@H](CC(C)C)NC(=O)c1cc2ccccc2cc1N. The third-order valence-corrected chi connectivity index (χ3v) is 3.66. The normalized spacial score (nSPS) is 12.2. The Balaban J connectivity index is 2.28. The van der Waals surface area contributed by atoms with Crippen molar-refractivity contribution in [3.63, 3.8) is 0 Å². The molecule has 0 aromatic heterocycles. The second-order valence-corrected chi connectivity index (χ2v) is 5.97. The number of nitrogens with one attached hydrogen (secondary N) is 1. The average molecular weight is 314 g/mol. The van der Waals surface area contributed by atoms with Gasteiger partial charge in [-0.05, 0) is 35.2 Å². The number of ether oxygens (including phenoxy) is 1. The predicted molar refractivity (Wildman–Crippen MR) is 91.1 cm³/mol. The van der Waals surface area contributed by atoms with Gasteiger partial charge >= 0.3 is 5.97 Å². The van der Waals surface area contributed by atoms with Crippen LogP contribution in [-0.2, 0) is 9.53 Å². The molecule has 1 amide bonds. The van der Waals surface area contributed by atoms with Gasteiger partial charge in [-0.2, -0.15) is 0 Å². The van der Waals surface area contributed by atoms with E-state index in [9.17, 15) is 9.59 Å². The topological polar surface area (TPSA) is 81.4 Å². The molecular formula is C18H22N2O3. The Morgan fingerprint density at radius 1 is 1.17 bits per heavy atom. The van der Waals surface area contributed by atoms with E-state index < -0.39 is 12.0 Å². The minimum Gasteiger partial charge on any atom is -0.467 e. The Hall–Kier alpha value is -2.56. The van der Waals surface area contributed by atoms with Gasteiger partial charge in [-0.3, -0.25) is 4.79 Å². The maximum atomic E-state index is 12.5. The molecule has 5 nitrogen and oxygen atoms in total. The monoisotopic (exact) mass is 314 g/mol. The van der Waals surface area contributed by atoms with Crippen molar-refractivity contribution < 1.29 is 14.3 Å². The lowest BCUT2D eigenvalue weighted by molar-refractivity contribution is -0.143. The summed E-state index contributed by atoms with van der Waals surface area (Å²) in [6.45, 7) is 3.96. The molecule has 3 N–H and O–H groups in total. The molecule has 0 fully saturated rings. The van der Waals surface area contributed by atoms with Crippen LogP contribution in [0, 0.1) is 5.92 Å². The zero-order valence-electron chi connectivity index (χ0n) is 13.6. The Bertz CT molecular complexity index is 725. The number of carbonyl (C=O) groups excluding carboxylic acids is 2. The lowest BCUT2D eigenvalue weighted by Gasteiger charge is -2.19. The van der Waals surface area contributed by atoms with Gasteiger partial charge in [0.05, 0.1) is 12.7 Å². The summed E-state index contributed by atoms with van der Waals surface area (Å²) >= 11 is 0. The fourth-order valence-corrected chi connectivity index (χ4v) is 2.52. The molecule has 2 aromatic rings. The average Bonchev–Trinajstić information content (AvgIpc) is 2.52. The number of nitrogen functional groups attached to an aromatic ring is 1. The molecule has 0 aliphatic heterocycles. The molecule has 5 heteroatoms. The first-order chi connectivity index (χ1) is 10.9. The van der Waals surface area contributed by atoms with Gasteiger partial charge < -0.3 is 15.8 Å². The van der Waals surface area contributed by atoms with Crippen molar-refractivity contribution in [1.82, 2.24) is 5.32 Å². The molecule has 0 aliphatic carbocycles. The zero-order valence-corrected chi connectivity index (χ0v) is 13.6. The highest BCUT2D eigenvalue weighted by molar-refractivity contribution is 6.05. The summed E-state index contributed by atoms with van der Waals surface area (Å²) in [5.74, 6) is -0.580. The second kappa shape index (κ2) is 7.13. The van der Waals surface area contributed by atoms with Crippen LogP contribution in [0.2, 0.25) is 0 Å². The summed E-state index contributed by atoms with van der Waals surface area (Å²) in [6, 6.07) is 10.5. The van der Waals surface area contributed by atoms with Gasteiger partial charge in [0, 0.05) is 5.69 Å². The number of rotatable bonds is 5. The van der Waals surface area contributed by atoms with E-state index in [2.05, 4.69) is 5.32 Å². The van der Waals surface area contributed by atoms with Crippen LogP contribution in [0.25, 0.3) is 10.8 Å². The van der Waals surface area contributed by atoms with Crippen LogP contribution in [0.1, 0.15) is 30.6 Å². The highest BCUT2D eigenvalue weighted by Crippen LogP contribution is 2.22. The standard InChI is InChI=1S/C18H22N2O3/c1-11(2)8-16(18(22)23-3)20-17(21)14-9-12-6-4-5-7-13(12)10-15(14)19/h4-7,9-11,16H,8,19H2,1-3H3,(H,20,21)/t16-/m0/s1. The van der Waals surface area contributed by atoms with Gasteiger partial charge in [0.1, 0.15) is 6.04 Å². The highest BCUT2D eigenvalue weighted by Gasteiger charge is 2.24. The van der Waals surface area contributed by atoms with Gasteiger partial charge in [-0.15, -0.1) is 0 Å². The Morgan fingerprint density at radius 3 is 2.35 bits per heavy atom. The molecule has 0 saturated heterocycles. The molecule has 1 atom stereocenters. The summed E-state index contributed by atoms with van der Waals surface area (Å²) in [6.07, 6.45) is 0.506. The largest absolute Gasteiger partial charge is 0.467 e. The lowest BCUT2D eigenvalue weighted by atomic mass is 10.0. The van der Waals surface area contributed by atoms with Crippen LogP contribution in [0.5, 0.6) is 0 Å². The minimum absolute atomic E-state index is 0.244. The fourth-order valence-electron chi connectivity index (χ4n) is 2.52. The Morgan fingerprint density at radius 2 is 1.78 bits per heavy atom. The third-order valence-electron chi connectivity index (χ3n) is 3.66. The van der Waals surface area contributed by atoms with Crippen LogP contribution >= 0.6 is 0 Å². The van der Waals surface area contributed by atoms with E-state index in [-0.39, 0.29) is 11.8 Å². The number of benzene rings is 2. The number of methoxy groups -OCH3 is 1. The molecular weight excluding hydrogens is 292 g/mol. The summed E-state index contributed by atoms with van der Waals surface area (Å²) in [7, 11) is 1.31. The van der Waals surface area contributed by atoms with E-state index in [1.807, 2.05) is 38.1 Å². The third kappa shape index (κ3) is 4.00. The van der Waals surface area contributed by atoms with E-state index >= 15 is 0 Å². The first-order valence-electron chi connectivity index (χ1n) is 7.59. The Kier molecular flexibility index (Phi) is 5.21. The number of esters is 1. The summed E-state index contributed by atoms with van der Waals surface area (Å²) < 4.78 is 4.77. The molecule has 0 spiro atoms. The summed E-state index contributed by atoms with van der Waals surface area (Å²) in [4.78, 5) is 24.4. The van der Waals surface area contributed by atoms with Crippen molar-refractivity contribution in [2.45, 2.75) is 26.3 Å². The first kappa shape index (κ1) is 16.8. The quantitative estimate of drug-likeness (QED) is 0.657. The molecule has 0 radical (unpaired) electrons. The summed E-state index contributed by atoms with van der Waals surface area (Å²) in [5, 5.41) is 4.61. The summed E-state index contributed by atoms with van der Waals surface area (Å²) in [5.41, 5.74) is 6.74. The molecule has 23 heavy (non-hydrogen) atoms. The minimum atomic E-state index is -0.682. The van der Waals surface area contributed by atoms with Crippen molar-refractivity contribution in [3.05, 3.63) is 42.0 Å². The van der Waals surface area contributed by atoms with Gasteiger partial charge in [-0.1, -0.05) is 38.1 Å². The van der Waals surface area contributed by atoms with Crippen molar-refractivity contribution in [3.8, 4) is 0 Å². The van der Waals surface area contributed by atoms with Crippen molar-refractivity contribution >= 4 is 28.3 Å². The number of fused-ring (bicyclic) bond motifs is 1. The molecule has 0 saturated carbocycles. The maximum Gasteiger partial charge on any atom is 0.328 e. The van der Waals surface area contributed by atoms with Crippen molar-refractivity contribution in [1.29, 1.82) is 0 Å². The predicted octanol–water partition coefficient (Wildman–Crippen LogP) is 2.74. The number of anilines is 1. The van der Waals surface area contributed by atoms with Gasteiger partial charge in [0.2, 0.25) is 0 Å². The number of hydrogen-bond donors (Lipinski definition) is 2. The highest BCUT2D eigenvalue weighted by atomic mass is 16.5. The Labute approximate surface area is 135 Å². The van der Waals surface area contributed by atoms with E-state index in [1.165, 1.54) is 7.11 Å². The number of nitrogens with two attached hydrogens (primary N) is 1.